The van der Waals surface area contributed by atoms with E-state index in [9.17, 15) is 14.4 Å². The highest BCUT2D eigenvalue weighted by Crippen LogP contribution is 2.33. The average Bonchev–Trinajstić information content (AvgIpc) is 3.88. The molecule has 66 heavy (non-hydrogen) atoms. The summed E-state index contributed by atoms with van der Waals surface area (Å²) in [5.41, 5.74) is 4.78. The number of pyridine rings is 1. The number of piperidine rings is 2. The first-order chi connectivity index (χ1) is 31.9. The Morgan fingerprint density at radius 1 is 0.864 bits per heavy atom. The van der Waals surface area contributed by atoms with E-state index in [4.69, 9.17) is 0 Å². The van der Waals surface area contributed by atoms with E-state index < -0.39 is 5.92 Å². The molecule has 1 unspecified atom stereocenters. The highest BCUT2D eigenvalue weighted by molar-refractivity contribution is 5.78. The number of hydrogen-bond acceptors (Lipinski definition) is 10. The number of piperazine rings is 1. The summed E-state index contributed by atoms with van der Waals surface area (Å²) in [4.78, 5) is 49.5. The molecule has 3 fully saturated rings. The summed E-state index contributed by atoms with van der Waals surface area (Å²) in [6.45, 7) is 14.5. The van der Waals surface area contributed by atoms with E-state index in [1.54, 1.807) is 18.6 Å². The highest BCUT2D eigenvalue weighted by Gasteiger charge is 2.31. The minimum absolute atomic E-state index is 0.140. The third-order valence-corrected chi connectivity index (χ3v) is 14.6. The van der Waals surface area contributed by atoms with Gasteiger partial charge in [-0.2, -0.15) is 0 Å². The maximum Gasteiger partial charge on any atom is 0.337 e. The summed E-state index contributed by atoms with van der Waals surface area (Å²) in [6.07, 6.45) is 15.0. The molecule has 0 spiro atoms. The maximum absolute atomic E-state index is 15.2. The first-order valence-corrected chi connectivity index (χ1v) is 24.1. The van der Waals surface area contributed by atoms with Crippen molar-refractivity contribution in [3.8, 4) is 5.69 Å². The number of likely N-dealkylation sites (tertiary alicyclic amines) is 2. The molecule has 0 aliphatic carbocycles. The number of nitrogens with zero attached hydrogens (tertiary/aromatic N) is 10. The number of aromatic nitrogens is 5. The Morgan fingerprint density at radius 3 is 2.29 bits per heavy atom. The molecule has 3 aromatic heterocycles. The van der Waals surface area contributed by atoms with Crippen molar-refractivity contribution in [3.63, 3.8) is 0 Å². The van der Waals surface area contributed by atoms with Crippen molar-refractivity contribution >= 4 is 23.8 Å². The lowest BCUT2D eigenvalue weighted by Crippen LogP contribution is -2.49. The number of rotatable bonds is 19. The van der Waals surface area contributed by atoms with E-state index in [0.29, 0.717) is 48.2 Å². The molecule has 0 N–H and O–H groups in total. The lowest BCUT2D eigenvalue weighted by atomic mass is 9.91. The number of carbonyl (C=O) groups is 2. The van der Waals surface area contributed by atoms with E-state index in [2.05, 4.69) is 48.9 Å². The quantitative estimate of drug-likeness (QED) is 0.0835. The van der Waals surface area contributed by atoms with Crippen molar-refractivity contribution in [1.82, 2.24) is 43.3 Å². The Hall–Kier alpha value is -5.09. The molecule has 5 aromatic rings. The van der Waals surface area contributed by atoms with Crippen molar-refractivity contribution in [2.75, 3.05) is 77.4 Å². The molecule has 3 aliphatic rings. The van der Waals surface area contributed by atoms with Crippen LogP contribution in [0.2, 0.25) is 0 Å². The number of aryl methyl sites for hydroxylation is 1. The van der Waals surface area contributed by atoms with Crippen molar-refractivity contribution in [3.05, 3.63) is 111 Å². The van der Waals surface area contributed by atoms with Crippen molar-refractivity contribution in [1.29, 1.82) is 0 Å². The van der Waals surface area contributed by atoms with Crippen LogP contribution in [0, 0.1) is 11.8 Å². The van der Waals surface area contributed by atoms with Crippen LogP contribution in [0.15, 0.2) is 72.0 Å². The van der Waals surface area contributed by atoms with Gasteiger partial charge in [-0.1, -0.05) is 25.5 Å². The fourth-order valence-corrected chi connectivity index (χ4v) is 10.5. The SMILES string of the molecule is CCCC(C=O)N(C)Cc1cc(N2CCN(CC3CCN(CCC4CCN(Cc5cc(C(C)(F)F)c6cn(-c7cccc(Cc8nncn8C)c7)c(=O)n6c5)CC4)CC3)CC2)ccc1C=O. The fraction of sp³-hybridized carbons (Fsp3) is 0.549. The zero-order valence-corrected chi connectivity index (χ0v) is 39.3. The number of halogens is 2. The van der Waals surface area contributed by atoms with Crippen molar-refractivity contribution in [2.45, 2.75) is 90.3 Å². The summed E-state index contributed by atoms with van der Waals surface area (Å²) in [5.74, 6) is -0.977. The van der Waals surface area contributed by atoms with Gasteiger partial charge in [0, 0.05) is 95.4 Å². The predicted molar refractivity (Wildman–Crippen MR) is 255 cm³/mol. The van der Waals surface area contributed by atoms with Crippen LogP contribution in [0.4, 0.5) is 14.5 Å². The monoisotopic (exact) mass is 907 g/mol. The molecule has 15 heteroatoms. The minimum Gasteiger partial charge on any atom is -0.369 e. The first kappa shape index (κ1) is 47.4. The Morgan fingerprint density at radius 2 is 1.61 bits per heavy atom. The summed E-state index contributed by atoms with van der Waals surface area (Å²) in [7, 11) is 3.84. The van der Waals surface area contributed by atoms with Crippen molar-refractivity contribution < 1.29 is 18.4 Å². The van der Waals surface area contributed by atoms with E-state index in [-0.39, 0.29) is 22.8 Å². The summed E-state index contributed by atoms with van der Waals surface area (Å²) >= 11 is 0. The second kappa shape index (κ2) is 21.3. The van der Waals surface area contributed by atoms with Gasteiger partial charge in [-0.25, -0.2) is 13.6 Å². The van der Waals surface area contributed by atoms with E-state index in [1.807, 2.05) is 53.9 Å². The van der Waals surface area contributed by atoms with Gasteiger partial charge in [-0.3, -0.25) is 28.5 Å². The lowest BCUT2D eigenvalue weighted by Gasteiger charge is -2.40. The number of anilines is 1. The van der Waals surface area contributed by atoms with Gasteiger partial charge >= 0.3 is 5.69 Å². The van der Waals surface area contributed by atoms with Gasteiger partial charge in [0.2, 0.25) is 0 Å². The van der Waals surface area contributed by atoms with Crippen LogP contribution in [0.5, 0.6) is 0 Å². The van der Waals surface area contributed by atoms with Gasteiger partial charge in [-0.05, 0) is 143 Å². The van der Waals surface area contributed by atoms with Gasteiger partial charge in [0.15, 0.2) is 0 Å². The third-order valence-electron chi connectivity index (χ3n) is 14.6. The third kappa shape index (κ3) is 11.4. The van der Waals surface area contributed by atoms with E-state index >= 15 is 8.78 Å². The predicted octanol–water partition coefficient (Wildman–Crippen LogP) is 6.67. The highest BCUT2D eigenvalue weighted by atomic mass is 19.3. The summed E-state index contributed by atoms with van der Waals surface area (Å²) in [6, 6.07) is 15.1. The molecular weight excluding hydrogens is 839 g/mol. The van der Waals surface area contributed by atoms with Gasteiger partial charge < -0.3 is 19.2 Å². The smallest absolute Gasteiger partial charge is 0.337 e. The van der Waals surface area contributed by atoms with Crippen molar-refractivity contribution in [2.24, 2.45) is 18.9 Å². The number of hydrogen-bond donors (Lipinski definition) is 0. The number of carbonyl (C=O) groups excluding carboxylic acids is 2. The van der Waals surface area contributed by atoms with Crippen LogP contribution in [0.3, 0.4) is 0 Å². The van der Waals surface area contributed by atoms with Gasteiger partial charge in [-0.15, -0.1) is 10.2 Å². The molecule has 0 amide bonds. The zero-order valence-electron chi connectivity index (χ0n) is 39.3. The van der Waals surface area contributed by atoms with Gasteiger partial charge in [0.05, 0.1) is 17.2 Å². The largest absolute Gasteiger partial charge is 0.369 e. The molecule has 8 rings (SSSR count). The molecule has 3 aliphatic heterocycles. The van der Waals surface area contributed by atoms with Crippen LogP contribution < -0.4 is 10.6 Å². The Balaban J connectivity index is 0.778. The first-order valence-electron chi connectivity index (χ1n) is 24.1. The molecule has 0 bridgehead atoms. The second-order valence-electron chi connectivity index (χ2n) is 19.4. The number of fused-ring (bicyclic) bond motifs is 1. The molecule has 3 saturated heterocycles. The van der Waals surface area contributed by atoms with Crippen LogP contribution in [0.1, 0.15) is 97.2 Å². The summed E-state index contributed by atoms with van der Waals surface area (Å²) in [5, 5.41) is 8.13. The number of likely N-dealkylation sites (N-methyl/N-ethyl adjacent to an activating group) is 1. The van der Waals surface area contributed by atoms with Crippen LogP contribution in [0.25, 0.3) is 11.2 Å². The van der Waals surface area contributed by atoms with Gasteiger partial charge in [0.1, 0.15) is 24.7 Å². The summed E-state index contributed by atoms with van der Waals surface area (Å²) < 4.78 is 35.1. The molecule has 2 aromatic carbocycles. The average molecular weight is 907 g/mol. The normalized spacial score (nSPS) is 18.1. The van der Waals surface area contributed by atoms with Crippen LogP contribution >= 0.6 is 0 Å². The number of benzene rings is 2. The zero-order chi connectivity index (χ0) is 46.4. The molecule has 1 atom stereocenters. The second-order valence-corrected chi connectivity index (χ2v) is 19.4. The Labute approximate surface area is 388 Å². The lowest BCUT2D eigenvalue weighted by molar-refractivity contribution is -0.112. The molecule has 6 heterocycles. The molecule has 0 saturated carbocycles. The van der Waals surface area contributed by atoms with Crippen LogP contribution in [-0.4, -0.2) is 134 Å². The van der Waals surface area contributed by atoms with Crippen LogP contribution in [-0.2, 0) is 37.3 Å². The number of imidazole rings is 1. The van der Waals surface area contributed by atoms with E-state index in [1.165, 1.54) is 34.4 Å². The minimum atomic E-state index is -3.13. The Kier molecular flexibility index (Phi) is 15.3. The topological polar surface area (TPSA) is 107 Å². The molecule has 354 valence electrons. The standard InChI is InChI=1S/C51H68F2N10O3/c1-5-7-46(36-65)56(3)33-43-29-44(11-10-42(43)35-64)61-24-22-60(23-25-61)30-39-15-18-58(19-16-39)17-12-38-13-20-59(21-14-38)31-41-27-47(51(2,52)53)48-34-62(50(66)63(48)32-41)45-9-6-8-40(26-45)28-49-55-54-37-57(49)4/h6,8-11,26-27,29,32,34-39,46H,5,7,12-25,28,30-31,33H2,1-4H3. The molecule has 0 radical (unpaired) electrons. The maximum atomic E-state index is 15.2. The fourth-order valence-electron chi connectivity index (χ4n) is 10.5. The van der Waals surface area contributed by atoms with E-state index in [0.717, 1.165) is 133 Å². The Bertz CT molecular complexity index is 2470. The molecule has 13 nitrogen and oxygen atoms in total. The molecular formula is C51H68F2N10O3. The number of aldehydes is 2. The van der Waals surface area contributed by atoms with Gasteiger partial charge in [0.25, 0.3) is 5.92 Å². The number of alkyl halides is 2.